The van der Waals surface area contributed by atoms with Crippen LogP contribution in [-0.2, 0) is 23.3 Å². The van der Waals surface area contributed by atoms with Gasteiger partial charge in [0, 0.05) is 25.5 Å². The van der Waals surface area contributed by atoms with Crippen molar-refractivity contribution in [1.29, 1.82) is 0 Å². The van der Waals surface area contributed by atoms with Crippen LogP contribution >= 0.6 is 0 Å². The van der Waals surface area contributed by atoms with Crippen LogP contribution in [0.4, 0.5) is 5.69 Å². The normalized spacial score (nSPS) is 11.3. The third-order valence-corrected chi connectivity index (χ3v) is 6.44. The van der Waals surface area contributed by atoms with Crippen LogP contribution < -0.4 is 10.3 Å². The Bertz CT molecular complexity index is 1240. The number of amides is 1. The van der Waals surface area contributed by atoms with E-state index in [9.17, 15) is 14.9 Å². The van der Waals surface area contributed by atoms with Crippen LogP contribution in [0.25, 0.3) is 0 Å². The Morgan fingerprint density at radius 2 is 1.53 bits per heavy atom. The zero-order valence-electron chi connectivity index (χ0n) is 19.0. The van der Waals surface area contributed by atoms with Gasteiger partial charge in [-0.15, -0.1) is 0 Å². The summed E-state index contributed by atoms with van der Waals surface area (Å²) in [5, 5.41) is 10.9. The number of aromatic nitrogens is 2. The van der Waals surface area contributed by atoms with Crippen molar-refractivity contribution in [2.75, 3.05) is 0 Å². The Morgan fingerprint density at radius 1 is 0.971 bits per heavy atom. The standard InChI is InChI=1S/C27H26N4O3/c1-21-29(18-19-30(21)20-22-12-14-25(15-13-22)31(33)34)17-16-27(26(28)32,23-8-4-2-5-9-23)24-10-6-3-7-11-24/h2-15,18-19H,16-17,20H2,1H3,(H-,28,32)/p+1. The van der Waals surface area contributed by atoms with Crippen molar-refractivity contribution < 1.29 is 14.3 Å². The molecule has 0 fully saturated rings. The van der Waals surface area contributed by atoms with E-state index < -0.39 is 10.3 Å². The molecule has 0 bridgehead atoms. The van der Waals surface area contributed by atoms with Gasteiger partial charge in [0.15, 0.2) is 0 Å². The molecule has 1 aromatic heterocycles. The van der Waals surface area contributed by atoms with E-state index in [0.29, 0.717) is 19.5 Å². The summed E-state index contributed by atoms with van der Waals surface area (Å²) in [4.78, 5) is 23.5. The number of aryl methyl sites for hydroxylation is 1. The van der Waals surface area contributed by atoms with Crippen molar-refractivity contribution in [3.63, 3.8) is 0 Å². The van der Waals surface area contributed by atoms with E-state index in [1.807, 2.05) is 80.0 Å². The summed E-state index contributed by atoms with van der Waals surface area (Å²) in [6, 6.07) is 25.9. The number of rotatable bonds is 9. The smallest absolute Gasteiger partial charge is 0.269 e. The van der Waals surface area contributed by atoms with E-state index in [4.69, 9.17) is 5.73 Å². The zero-order valence-corrected chi connectivity index (χ0v) is 19.0. The Labute approximate surface area is 198 Å². The summed E-state index contributed by atoms with van der Waals surface area (Å²) in [5.41, 5.74) is 7.91. The second-order valence-corrected chi connectivity index (χ2v) is 8.34. The summed E-state index contributed by atoms with van der Waals surface area (Å²) < 4.78 is 4.19. The van der Waals surface area contributed by atoms with E-state index in [0.717, 1.165) is 22.5 Å². The second-order valence-electron chi connectivity index (χ2n) is 8.34. The molecular weight excluding hydrogens is 428 g/mol. The molecule has 0 aliphatic heterocycles. The minimum absolute atomic E-state index is 0.0765. The Kier molecular flexibility index (Phi) is 6.54. The highest BCUT2D eigenvalue weighted by Crippen LogP contribution is 2.36. The third-order valence-electron chi connectivity index (χ3n) is 6.44. The van der Waals surface area contributed by atoms with E-state index in [1.165, 1.54) is 12.1 Å². The Balaban J connectivity index is 1.61. The first kappa shape index (κ1) is 22.9. The molecule has 0 saturated heterocycles. The maximum Gasteiger partial charge on any atom is 0.269 e. The molecule has 0 radical (unpaired) electrons. The second kappa shape index (κ2) is 9.70. The minimum Gasteiger partial charge on any atom is -0.369 e. The molecule has 0 unspecified atom stereocenters. The fourth-order valence-corrected chi connectivity index (χ4v) is 4.46. The first-order valence-electron chi connectivity index (χ1n) is 11.1. The van der Waals surface area contributed by atoms with Gasteiger partial charge in [-0.2, -0.15) is 0 Å². The molecule has 4 aromatic rings. The van der Waals surface area contributed by atoms with Gasteiger partial charge in [0.2, 0.25) is 5.91 Å². The Morgan fingerprint density at radius 3 is 2.03 bits per heavy atom. The lowest BCUT2D eigenvalue weighted by Gasteiger charge is -2.31. The van der Waals surface area contributed by atoms with Crippen molar-refractivity contribution in [3.05, 3.63) is 130 Å². The van der Waals surface area contributed by atoms with Gasteiger partial charge >= 0.3 is 0 Å². The number of imidazole rings is 1. The van der Waals surface area contributed by atoms with Gasteiger partial charge in [-0.25, -0.2) is 9.13 Å². The number of non-ortho nitro benzene ring substituents is 1. The highest BCUT2D eigenvalue weighted by atomic mass is 16.6. The number of carbonyl (C=O) groups excluding carboxylic acids is 1. The number of nitro benzene ring substituents is 1. The maximum absolute atomic E-state index is 13.0. The maximum atomic E-state index is 13.0. The van der Waals surface area contributed by atoms with Gasteiger partial charge in [0.25, 0.3) is 11.5 Å². The van der Waals surface area contributed by atoms with Gasteiger partial charge < -0.3 is 5.73 Å². The zero-order chi connectivity index (χ0) is 24.1. The van der Waals surface area contributed by atoms with E-state index in [2.05, 4.69) is 9.13 Å². The largest absolute Gasteiger partial charge is 0.369 e. The van der Waals surface area contributed by atoms with Gasteiger partial charge in [0.05, 0.1) is 11.5 Å². The summed E-state index contributed by atoms with van der Waals surface area (Å²) in [5.74, 6) is 0.631. The van der Waals surface area contributed by atoms with Gasteiger partial charge in [0.1, 0.15) is 24.4 Å². The average Bonchev–Trinajstić information content (AvgIpc) is 3.20. The van der Waals surface area contributed by atoms with E-state index >= 15 is 0 Å². The molecule has 172 valence electrons. The molecule has 7 nitrogen and oxygen atoms in total. The lowest BCUT2D eigenvalue weighted by molar-refractivity contribution is -0.694. The number of nitrogens with two attached hydrogens (primary N) is 1. The highest BCUT2D eigenvalue weighted by Gasteiger charge is 2.40. The quantitative estimate of drug-likeness (QED) is 0.236. The fourth-order valence-electron chi connectivity index (χ4n) is 4.46. The lowest BCUT2D eigenvalue weighted by atomic mass is 9.71. The number of nitrogens with zero attached hydrogens (tertiary/aromatic N) is 3. The van der Waals surface area contributed by atoms with Crippen LogP contribution in [-0.4, -0.2) is 15.4 Å². The molecular formula is C27H27N4O3+. The average molecular weight is 456 g/mol. The number of benzene rings is 3. The van der Waals surface area contributed by atoms with Gasteiger partial charge in [-0.1, -0.05) is 60.7 Å². The van der Waals surface area contributed by atoms with Crippen molar-refractivity contribution in [2.24, 2.45) is 5.73 Å². The number of hydrogen-bond donors (Lipinski definition) is 1. The monoisotopic (exact) mass is 455 g/mol. The number of primary amides is 1. The van der Waals surface area contributed by atoms with Crippen LogP contribution in [0.5, 0.6) is 0 Å². The SMILES string of the molecule is Cc1n(CCC(C(N)=O)(c2ccccc2)c2ccccc2)cc[n+]1Cc1ccc([N+](=O)[O-])cc1. The van der Waals surface area contributed by atoms with Crippen LogP contribution in [0.3, 0.4) is 0 Å². The summed E-state index contributed by atoms with van der Waals surface area (Å²) in [6.45, 7) is 3.20. The molecule has 0 spiro atoms. The van der Waals surface area contributed by atoms with Crippen molar-refractivity contribution in [2.45, 2.75) is 31.8 Å². The van der Waals surface area contributed by atoms with Gasteiger partial charge in [-0.3, -0.25) is 14.9 Å². The molecule has 34 heavy (non-hydrogen) atoms. The molecule has 0 atom stereocenters. The highest BCUT2D eigenvalue weighted by molar-refractivity contribution is 5.90. The molecule has 3 aromatic carbocycles. The topological polar surface area (TPSA) is 95.0 Å². The summed E-state index contributed by atoms with van der Waals surface area (Å²) >= 11 is 0. The fraction of sp³-hybridized carbons (Fsp3) is 0.185. The molecule has 1 heterocycles. The number of carbonyl (C=O) groups is 1. The molecule has 1 amide bonds. The van der Waals surface area contributed by atoms with Gasteiger partial charge in [-0.05, 0) is 28.8 Å². The van der Waals surface area contributed by atoms with Crippen LogP contribution in [0.1, 0.15) is 28.9 Å². The van der Waals surface area contributed by atoms with Crippen molar-refractivity contribution in [1.82, 2.24) is 4.57 Å². The first-order chi connectivity index (χ1) is 16.4. The molecule has 2 N–H and O–H groups in total. The van der Waals surface area contributed by atoms with E-state index in [-0.39, 0.29) is 11.6 Å². The third kappa shape index (κ3) is 4.45. The van der Waals surface area contributed by atoms with Crippen LogP contribution in [0.2, 0.25) is 0 Å². The van der Waals surface area contributed by atoms with E-state index in [1.54, 1.807) is 12.1 Å². The molecule has 4 rings (SSSR count). The lowest BCUT2D eigenvalue weighted by Crippen LogP contribution is -2.43. The minimum atomic E-state index is -0.956. The Hall–Kier alpha value is -4.26. The predicted molar refractivity (Wildman–Crippen MR) is 129 cm³/mol. The number of nitro groups is 1. The van der Waals surface area contributed by atoms with Crippen molar-refractivity contribution in [3.8, 4) is 0 Å². The molecule has 0 aliphatic rings. The molecule has 0 aliphatic carbocycles. The first-order valence-corrected chi connectivity index (χ1v) is 11.1. The summed E-state index contributed by atoms with van der Waals surface area (Å²) in [6.07, 6.45) is 4.47. The van der Waals surface area contributed by atoms with Crippen molar-refractivity contribution >= 4 is 11.6 Å². The molecule has 0 saturated carbocycles. The predicted octanol–water partition coefficient (Wildman–Crippen LogP) is 3.90. The van der Waals surface area contributed by atoms with Crippen LogP contribution in [0.15, 0.2) is 97.3 Å². The molecule has 7 heteroatoms. The number of hydrogen-bond acceptors (Lipinski definition) is 3. The summed E-state index contributed by atoms with van der Waals surface area (Å²) in [7, 11) is 0. The van der Waals surface area contributed by atoms with Crippen LogP contribution in [0, 0.1) is 17.0 Å².